The fourth-order valence-electron chi connectivity index (χ4n) is 2.02. The fourth-order valence-corrected chi connectivity index (χ4v) is 2.02. The van der Waals surface area contributed by atoms with Crippen molar-refractivity contribution in [2.24, 2.45) is 0 Å². The van der Waals surface area contributed by atoms with Gasteiger partial charge in [-0.2, -0.15) is 0 Å². The number of para-hydroxylation sites is 1. The maximum atomic E-state index is 11.7. The van der Waals surface area contributed by atoms with E-state index in [0.29, 0.717) is 19.5 Å². The summed E-state index contributed by atoms with van der Waals surface area (Å²) in [5.41, 5.74) is 0.930. The molecule has 0 bridgehead atoms. The van der Waals surface area contributed by atoms with Crippen LogP contribution in [0, 0.1) is 0 Å². The van der Waals surface area contributed by atoms with E-state index < -0.39 is 0 Å². The monoisotopic (exact) mass is 292 g/mol. The number of hydrogen-bond donors (Lipinski definition) is 1. The second-order valence-corrected chi connectivity index (χ2v) is 5.22. The van der Waals surface area contributed by atoms with E-state index in [2.05, 4.69) is 5.32 Å². The van der Waals surface area contributed by atoms with Crippen LogP contribution in [-0.2, 0) is 16.1 Å². The molecule has 0 aromatic heterocycles. The van der Waals surface area contributed by atoms with Gasteiger partial charge in [0.15, 0.2) is 0 Å². The van der Waals surface area contributed by atoms with Crippen LogP contribution < -0.4 is 10.1 Å². The van der Waals surface area contributed by atoms with E-state index in [4.69, 9.17) is 4.74 Å². The highest BCUT2D eigenvalue weighted by Gasteiger charge is 2.14. The van der Waals surface area contributed by atoms with Crippen molar-refractivity contribution in [2.75, 3.05) is 13.7 Å². The van der Waals surface area contributed by atoms with Crippen LogP contribution in [0.2, 0.25) is 0 Å². The molecular weight excluding hydrogens is 268 g/mol. The third-order valence-electron chi connectivity index (χ3n) is 3.06. The molecule has 5 heteroatoms. The number of nitrogens with one attached hydrogen (secondary N) is 1. The van der Waals surface area contributed by atoms with Gasteiger partial charge in [0.2, 0.25) is 11.8 Å². The maximum absolute atomic E-state index is 11.7. The zero-order valence-corrected chi connectivity index (χ0v) is 13.2. The van der Waals surface area contributed by atoms with Crippen molar-refractivity contribution in [1.29, 1.82) is 0 Å². The molecule has 0 aliphatic carbocycles. The van der Waals surface area contributed by atoms with E-state index in [1.54, 1.807) is 12.0 Å². The highest BCUT2D eigenvalue weighted by atomic mass is 16.5. The van der Waals surface area contributed by atoms with Crippen molar-refractivity contribution >= 4 is 11.8 Å². The normalized spacial score (nSPS) is 10.3. The number of amides is 2. The first-order valence-electron chi connectivity index (χ1n) is 7.10. The summed E-state index contributed by atoms with van der Waals surface area (Å²) in [5, 5.41) is 2.82. The topological polar surface area (TPSA) is 58.6 Å². The van der Waals surface area contributed by atoms with Crippen LogP contribution in [0.25, 0.3) is 0 Å². The van der Waals surface area contributed by atoms with Gasteiger partial charge >= 0.3 is 0 Å². The Morgan fingerprint density at radius 2 is 1.95 bits per heavy atom. The molecule has 0 unspecified atom stereocenters. The van der Waals surface area contributed by atoms with Crippen LogP contribution in [-0.4, -0.2) is 36.4 Å². The van der Waals surface area contributed by atoms with Crippen LogP contribution in [0.4, 0.5) is 0 Å². The minimum Gasteiger partial charge on any atom is -0.496 e. The molecule has 1 N–H and O–H groups in total. The molecule has 1 rings (SSSR count). The molecule has 0 aliphatic heterocycles. The van der Waals surface area contributed by atoms with Gasteiger partial charge in [0.1, 0.15) is 5.75 Å². The fraction of sp³-hybridized carbons (Fsp3) is 0.500. The summed E-state index contributed by atoms with van der Waals surface area (Å²) in [6.07, 6.45) is 0.299. The Morgan fingerprint density at radius 1 is 1.29 bits per heavy atom. The summed E-state index contributed by atoms with van der Waals surface area (Å²) < 4.78 is 5.29. The van der Waals surface area contributed by atoms with Crippen molar-refractivity contribution < 1.29 is 14.3 Å². The van der Waals surface area contributed by atoms with E-state index in [1.807, 2.05) is 38.1 Å². The summed E-state index contributed by atoms with van der Waals surface area (Å²) in [4.78, 5) is 25.1. The van der Waals surface area contributed by atoms with Crippen LogP contribution in [0.3, 0.4) is 0 Å². The van der Waals surface area contributed by atoms with Gasteiger partial charge in [0, 0.05) is 38.0 Å². The summed E-state index contributed by atoms with van der Waals surface area (Å²) in [6, 6.07) is 7.68. The van der Waals surface area contributed by atoms with Crippen LogP contribution in [0.1, 0.15) is 32.8 Å². The first-order chi connectivity index (χ1) is 9.93. The Labute approximate surface area is 126 Å². The second-order valence-electron chi connectivity index (χ2n) is 5.22. The molecule has 5 nitrogen and oxygen atoms in total. The SMILES string of the molecule is COc1ccccc1CN(CCC(=O)NC(C)C)C(C)=O. The Balaban J connectivity index is 2.66. The largest absolute Gasteiger partial charge is 0.496 e. The van der Waals surface area contributed by atoms with Gasteiger partial charge in [0.05, 0.1) is 7.11 Å². The first kappa shape index (κ1) is 17.0. The molecule has 2 amide bonds. The van der Waals surface area contributed by atoms with Gasteiger partial charge in [0.25, 0.3) is 0 Å². The zero-order chi connectivity index (χ0) is 15.8. The number of rotatable bonds is 7. The molecule has 0 fully saturated rings. The van der Waals surface area contributed by atoms with Crippen LogP contribution in [0.15, 0.2) is 24.3 Å². The third-order valence-corrected chi connectivity index (χ3v) is 3.06. The first-order valence-corrected chi connectivity index (χ1v) is 7.10. The number of hydrogen-bond acceptors (Lipinski definition) is 3. The Bertz CT molecular complexity index is 486. The minimum atomic E-state index is -0.0572. The van der Waals surface area contributed by atoms with Gasteiger partial charge in [-0.15, -0.1) is 0 Å². The summed E-state index contributed by atoms with van der Waals surface area (Å²) in [5.74, 6) is 0.643. The van der Waals surface area contributed by atoms with Gasteiger partial charge in [-0.1, -0.05) is 18.2 Å². The Hall–Kier alpha value is -2.04. The Kier molecular flexibility index (Phi) is 6.72. The van der Waals surface area contributed by atoms with Crippen LogP contribution >= 0.6 is 0 Å². The summed E-state index contributed by atoms with van der Waals surface area (Å²) in [6.45, 7) is 6.17. The van der Waals surface area contributed by atoms with E-state index in [0.717, 1.165) is 11.3 Å². The molecule has 0 saturated carbocycles. The molecule has 1 aromatic rings. The van der Waals surface area contributed by atoms with E-state index in [-0.39, 0.29) is 17.9 Å². The quantitative estimate of drug-likeness (QED) is 0.835. The number of ether oxygens (including phenoxy) is 1. The molecule has 0 aliphatic rings. The minimum absolute atomic E-state index is 0.0451. The summed E-state index contributed by atoms with van der Waals surface area (Å²) >= 11 is 0. The number of carbonyl (C=O) groups is 2. The molecule has 21 heavy (non-hydrogen) atoms. The van der Waals surface area contributed by atoms with Crippen molar-refractivity contribution in [2.45, 2.75) is 39.8 Å². The van der Waals surface area contributed by atoms with Crippen LogP contribution in [0.5, 0.6) is 5.75 Å². The number of carbonyl (C=O) groups excluding carboxylic acids is 2. The number of nitrogens with zero attached hydrogens (tertiary/aromatic N) is 1. The predicted molar refractivity (Wildman–Crippen MR) is 82.0 cm³/mol. The van der Waals surface area contributed by atoms with Gasteiger partial charge < -0.3 is 15.0 Å². The summed E-state index contributed by atoms with van der Waals surface area (Å²) in [7, 11) is 1.60. The molecule has 1 aromatic carbocycles. The van der Waals surface area contributed by atoms with Crippen molar-refractivity contribution in [3.05, 3.63) is 29.8 Å². The van der Waals surface area contributed by atoms with Crippen molar-refractivity contribution in [1.82, 2.24) is 10.2 Å². The lowest BCUT2D eigenvalue weighted by Gasteiger charge is -2.22. The standard InChI is InChI=1S/C16H24N2O3/c1-12(2)17-16(20)9-10-18(13(3)19)11-14-7-5-6-8-15(14)21-4/h5-8,12H,9-11H2,1-4H3,(H,17,20). The molecular formula is C16H24N2O3. The molecule has 0 radical (unpaired) electrons. The smallest absolute Gasteiger partial charge is 0.221 e. The average molecular weight is 292 g/mol. The third kappa shape index (κ3) is 5.85. The molecule has 0 spiro atoms. The molecule has 116 valence electrons. The second kappa shape index (κ2) is 8.29. The van der Waals surface area contributed by atoms with Gasteiger partial charge in [-0.25, -0.2) is 0 Å². The average Bonchev–Trinajstić information content (AvgIpc) is 2.42. The van der Waals surface area contributed by atoms with Gasteiger partial charge in [-0.3, -0.25) is 9.59 Å². The van der Waals surface area contributed by atoms with E-state index in [1.165, 1.54) is 6.92 Å². The number of benzene rings is 1. The van der Waals surface area contributed by atoms with E-state index >= 15 is 0 Å². The highest BCUT2D eigenvalue weighted by molar-refractivity contribution is 5.78. The molecule has 0 atom stereocenters. The predicted octanol–water partition coefficient (Wildman–Crippen LogP) is 1.96. The highest BCUT2D eigenvalue weighted by Crippen LogP contribution is 2.19. The van der Waals surface area contributed by atoms with Crippen molar-refractivity contribution in [3.63, 3.8) is 0 Å². The Morgan fingerprint density at radius 3 is 2.52 bits per heavy atom. The lowest BCUT2D eigenvalue weighted by atomic mass is 10.2. The lowest BCUT2D eigenvalue weighted by Crippen LogP contribution is -2.35. The molecule has 0 saturated heterocycles. The van der Waals surface area contributed by atoms with Gasteiger partial charge in [-0.05, 0) is 19.9 Å². The van der Waals surface area contributed by atoms with Crippen molar-refractivity contribution in [3.8, 4) is 5.75 Å². The lowest BCUT2D eigenvalue weighted by molar-refractivity contribution is -0.130. The molecule has 0 heterocycles. The zero-order valence-electron chi connectivity index (χ0n) is 13.2. The van der Waals surface area contributed by atoms with E-state index in [9.17, 15) is 9.59 Å². The number of methoxy groups -OCH3 is 1. The maximum Gasteiger partial charge on any atom is 0.221 e.